The number of aliphatic imine (C=N–C) groups is 1. The number of halogens is 12. The zero-order chi connectivity index (χ0) is 18.2. The number of nitrogens with zero attached hydrogens (tertiary/aromatic N) is 4. The molecule has 0 radical (unpaired) electrons. The van der Waals surface area contributed by atoms with Crippen LogP contribution < -0.4 is 0 Å². The number of azide groups is 1. The van der Waals surface area contributed by atoms with Crippen LogP contribution in [0, 0.1) is 5.41 Å². The van der Waals surface area contributed by atoms with Crippen LogP contribution in [0.2, 0.25) is 0 Å². The SMILES string of the molecule is [N-]=[N+]=NC(=NC(F)(F)F)C(C(F)(F)F)(C(F)(F)F)C(F)(F)F. The Labute approximate surface area is 111 Å². The minimum absolute atomic E-state index is 0.707. The number of alkyl halides is 12. The highest BCUT2D eigenvalue weighted by Gasteiger charge is 2.86. The van der Waals surface area contributed by atoms with Gasteiger partial charge in [-0.1, -0.05) is 0 Å². The highest BCUT2D eigenvalue weighted by Crippen LogP contribution is 2.60. The summed E-state index contributed by atoms with van der Waals surface area (Å²) in [7, 11) is 0. The van der Waals surface area contributed by atoms with E-state index in [-0.39, 0.29) is 0 Å². The molecule has 0 rings (SSSR count). The van der Waals surface area contributed by atoms with Gasteiger partial charge in [0.25, 0.3) is 5.41 Å². The number of hydrogen-bond acceptors (Lipinski definition) is 1. The third kappa shape index (κ3) is 3.48. The topological polar surface area (TPSA) is 61.1 Å². The summed E-state index contributed by atoms with van der Waals surface area (Å²) < 4.78 is 148. The smallest absolute Gasteiger partial charge is 0.185 e. The molecule has 0 fully saturated rings. The van der Waals surface area contributed by atoms with Gasteiger partial charge in [0, 0.05) is 4.91 Å². The van der Waals surface area contributed by atoms with E-state index < -0.39 is 36.1 Å². The zero-order valence-corrected chi connectivity index (χ0v) is 9.32. The van der Waals surface area contributed by atoms with Crippen LogP contribution in [0.15, 0.2) is 10.1 Å². The molecule has 0 bridgehead atoms. The fourth-order valence-electron chi connectivity index (χ4n) is 1.21. The Kier molecular flexibility index (Phi) is 4.95. The van der Waals surface area contributed by atoms with Gasteiger partial charge in [0.05, 0.1) is 0 Å². The average Bonchev–Trinajstić information content (AvgIpc) is 2.07. The first-order valence-electron chi connectivity index (χ1n) is 4.34. The van der Waals surface area contributed by atoms with Crippen LogP contribution in [0.5, 0.6) is 0 Å². The van der Waals surface area contributed by atoms with Gasteiger partial charge in [0.2, 0.25) is 0 Å². The highest BCUT2D eigenvalue weighted by atomic mass is 19.4. The summed E-state index contributed by atoms with van der Waals surface area (Å²) in [5.41, 5.74) is 0.600. The van der Waals surface area contributed by atoms with Gasteiger partial charge in [-0.2, -0.15) is 44.5 Å². The molecule has 0 aliphatic heterocycles. The van der Waals surface area contributed by atoms with Gasteiger partial charge in [-0.15, -0.1) is 13.2 Å². The van der Waals surface area contributed by atoms with Gasteiger partial charge in [0.15, 0.2) is 0 Å². The predicted molar refractivity (Wildman–Crippen MR) is 43.2 cm³/mol. The maximum absolute atomic E-state index is 12.4. The van der Waals surface area contributed by atoms with E-state index in [0.717, 1.165) is 4.91 Å². The molecule has 0 unspecified atom stereocenters. The van der Waals surface area contributed by atoms with Crippen LogP contribution in [0.1, 0.15) is 0 Å². The number of amidine groups is 1. The summed E-state index contributed by atoms with van der Waals surface area (Å²) in [4.78, 5) is 1.83. The molecule has 0 aromatic rings. The summed E-state index contributed by atoms with van der Waals surface area (Å²) in [5.74, 6) is -3.88. The van der Waals surface area contributed by atoms with E-state index in [1.165, 1.54) is 5.11 Å². The molecule has 0 spiro atoms. The Hall–Kier alpha value is -1.86. The van der Waals surface area contributed by atoms with E-state index in [4.69, 9.17) is 5.53 Å². The summed E-state index contributed by atoms with van der Waals surface area (Å²) in [6.07, 6.45) is -28.4. The lowest BCUT2D eigenvalue weighted by atomic mass is 9.83. The van der Waals surface area contributed by atoms with Crippen molar-refractivity contribution in [3.8, 4) is 0 Å². The van der Waals surface area contributed by atoms with E-state index in [9.17, 15) is 52.7 Å². The fourth-order valence-corrected chi connectivity index (χ4v) is 1.21. The second-order valence-corrected chi connectivity index (χ2v) is 3.34. The fraction of sp³-hybridized carbons (Fsp3) is 0.833. The molecule has 0 saturated heterocycles. The Bertz CT molecular complexity index is 448. The Morgan fingerprint density at radius 3 is 1.18 bits per heavy atom. The van der Waals surface area contributed by atoms with Crippen LogP contribution in [0.3, 0.4) is 0 Å². The van der Waals surface area contributed by atoms with Crippen molar-refractivity contribution in [1.82, 2.24) is 0 Å². The highest BCUT2D eigenvalue weighted by molar-refractivity contribution is 5.91. The van der Waals surface area contributed by atoms with Crippen LogP contribution in [-0.2, 0) is 0 Å². The molecule has 0 saturated carbocycles. The first kappa shape index (κ1) is 20.1. The molecule has 0 amide bonds. The lowest BCUT2D eigenvalue weighted by Gasteiger charge is -2.37. The number of hydrogen-bond donors (Lipinski definition) is 0. The Morgan fingerprint density at radius 1 is 0.682 bits per heavy atom. The van der Waals surface area contributed by atoms with Gasteiger partial charge < -0.3 is 0 Å². The van der Waals surface area contributed by atoms with Crippen molar-refractivity contribution in [3.63, 3.8) is 0 Å². The first-order valence-corrected chi connectivity index (χ1v) is 4.34. The molecule has 0 aliphatic carbocycles. The van der Waals surface area contributed by atoms with Gasteiger partial charge in [-0.25, -0.2) is 0 Å². The summed E-state index contributed by atoms with van der Waals surface area (Å²) >= 11 is 0. The third-order valence-corrected chi connectivity index (χ3v) is 1.98. The molecular formula is C6F12N4. The molecule has 0 N–H and O–H groups in total. The van der Waals surface area contributed by atoms with Crippen molar-refractivity contribution < 1.29 is 52.7 Å². The lowest BCUT2D eigenvalue weighted by Crippen LogP contribution is -2.64. The monoisotopic (exact) mass is 356 g/mol. The van der Waals surface area contributed by atoms with Crippen molar-refractivity contribution in [1.29, 1.82) is 0 Å². The van der Waals surface area contributed by atoms with E-state index in [2.05, 4.69) is 0 Å². The van der Waals surface area contributed by atoms with E-state index in [1.807, 2.05) is 0 Å². The molecule has 0 aromatic carbocycles. The number of rotatable bonds is 1. The Balaban J connectivity index is 7.04. The van der Waals surface area contributed by atoms with Crippen molar-refractivity contribution in [2.45, 2.75) is 24.8 Å². The first-order chi connectivity index (χ1) is 9.42. The molecule has 0 atom stereocenters. The summed E-state index contributed by atoms with van der Waals surface area (Å²) in [6, 6.07) is 0. The third-order valence-electron chi connectivity index (χ3n) is 1.98. The van der Waals surface area contributed by atoms with Crippen LogP contribution in [0.25, 0.3) is 10.4 Å². The van der Waals surface area contributed by atoms with Crippen LogP contribution in [0.4, 0.5) is 52.7 Å². The average molecular weight is 356 g/mol. The molecule has 0 heterocycles. The minimum atomic E-state index is -7.37. The predicted octanol–water partition coefficient (Wildman–Crippen LogP) is 4.89. The van der Waals surface area contributed by atoms with Gasteiger partial charge in [-0.3, -0.25) is 0 Å². The van der Waals surface area contributed by atoms with Gasteiger partial charge in [-0.05, 0) is 10.6 Å². The lowest BCUT2D eigenvalue weighted by molar-refractivity contribution is -0.397. The maximum atomic E-state index is 12.4. The minimum Gasteiger partial charge on any atom is -0.185 e. The molecule has 128 valence electrons. The second kappa shape index (κ2) is 5.40. The van der Waals surface area contributed by atoms with Crippen LogP contribution >= 0.6 is 0 Å². The molecule has 0 aliphatic rings. The van der Waals surface area contributed by atoms with Gasteiger partial charge >= 0.3 is 24.8 Å². The molecule has 22 heavy (non-hydrogen) atoms. The standard InChI is InChI=1S/C6F12N4/c7-3(8,9)2(4(10,11)12,5(13,14)15)1(21-22-19)20-6(16,17)18. The van der Waals surface area contributed by atoms with E-state index >= 15 is 0 Å². The van der Waals surface area contributed by atoms with E-state index in [0.29, 0.717) is 4.99 Å². The van der Waals surface area contributed by atoms with Crippen molar-refractivity contribution in [3.05, 3.63) is 10.4 Å². The summed E-state index contributed by atoms with van der Waals surface area (Å²) in [5, 5.41) is 1.23. The maximum Gasteiger partial charge on any atom is 0.503 e. The van der Waals surface area contributed by atoms with E-state index in [1.54, 1.807) is 0 Å². The summed E-state index contributed by atoms with van der Waals surface area (Å²) in [6.45, 7) is 0. The normalized spacial score (nSPS) is 15.5. The van der Waals surface area contributed by atoms with Crippen LogP contribution in [-0.4, -0.2) is 30.7 Å². The molecular weight excluding hydrogens is 356 g/mol. The van der Waals surface area contributed by atoms with Crippen molar-refractivity contribution in [2.24, 2.45) is 15.5 Å². The zero-order valence-electron chi connectivity index (χ0n) is 9.32. The molecule has 0 aromatic heterocycles. The van der Waals surface area contributed by atoms with Gasteiger partial charge in [0.1, 0.15) is 5.84 Å². The second-order valence-electron chi connectivity index (χ2n) is 3.34. The largest absolute Gasteiger partial charge is 0.503 e. The Morgan fingerprint density at radius 2 is 1.00 bits per heavy atom. The molecule has 16 heteroatoms. The quantitative estimate of drug-likeness (QED) is 0.122. The molecule has 4 nitrogen and oxygen atoms in total. The van der Waals surface area contributed by atoms with Crippen molar-refractivity contribution in [2.75, 3.05) is 0 Å². The van der Waals surface area contributed by atoms with Crippen molar-refractivity contribution >= 4 is 5.84 Å².